The SMILES string of the molecule is Cn1nc(NC(=O)Cc2ccc(Oc3ncccc3CN)c(Cl)c2)c2cccnc21. The van der Waals surface area contributed by atoms with Gasteiger partial charge >= 0.3 is 0 Å². The monoisotopic (exact) mass is 422 g/mol. The molecule has 1 aromatic carbocycles. The van der Waals surface area contributed by atoms with Crippen molar-refractivity contribution in [1.82, 2.24) is 19.7 Å². The number of anilines is 1. The highest BCUT2D eigenvalue weighted by atomic mass is 35.5. The second kappa shape index (κ2) is 8.48. The number of benzene rings is 1. The third-order valence-electron chi connectivity index (χ3n) is 4.49. The van der Waals surface area contributed by atoms with E-state index in [0.717, 1.165) is 16.5 Å². The van der Waals surface area contributed by atoms with Crippen molar-refractivity contribution in [3.05, 3.63) is 71.0 Å². The van der Waals surface area contributed by atoms with E-state index in [2.05, 4.69) is 20.4 Å². The molecule has 0 aliphatic heterocycles. The fourth-order valence-electron chi connectivity index (χ4n) is 3.06. The summed E-state index contributed by atoms with van der Waals surface area (Å²) in [5, 5.41) is 8.31. The van der Waals surface area contributed by atoms with Crippen LogP contribution < -0.4 is 15.8 Å². The molecule has 0 fully saturated rings. The average molecular weight is 423 g/mol. The van der Waals surface area contributed by atoms with Gasteiger partial charge < -0.3 is 15.8 Å². The number of hydrogen-bond donors (Lipinski definition) is 2. The Kier molecular flexibility index (Phi) is 5.60. The van der Waals surface area contributed by atoms with Gasteiger partial charge in [-0.3, -0.25) is 4.79 Å². The number of ether oxygens (including phenoxy) is 1. The Balaban J connectivity index is 1.47. The molecule has 0 aliphatic rings. The molecule has 0 bridgehead atoms. The van der Waals surface area contributed by atoms with Gasteiger partial charge in [-0.25, -0.2) is 14.6 Å². The first-order valence-electron chi connectivity index (χ1n) is 9.23. The third-order valence-corrected chi connectivity index (χ3v) is 4.79. The zero-order valence-corrected chi connectivity index (χ0v) is 16.9. The molecule has 1 amide bonds. The molecule has 0 spiro atoms. The van der Waals surface area contributed by atoms with Gasteiger partial charge in [0.15, 0.2) is 11.5 Å². The molecule has 4 rings (SSSR count). The summed E-state index contributed by atoms with van der Waals surface area (Å²) < 4.78 is 7.42. The van der Waals surface area contributed by atoms with Crippen LogP contribution in [0.15, 0.2) is 54.9 Å². The van der Waals surface area contributed by atoms with Crippen LogP contribution in [0.2, 0.25) is 5.02 Å². The molecular formula is C21H19ClN6O2. The summed E-state index contributed by atoms with van der Waals surface area (Å²) in [6.45, 7) is 0.302. The molecule has 0 aliphatic carbocycles. The number of pyridine rings is 2. The second-order valence-corrected chi connectivity index (χ2v) is 7.02. The van der Waals surface area contributed by atoms with Crippen molar-refractivity contribution in [2.75, 3.05) is 5.32 Å². The molecule has 0 atom stereocenters. The van der Waals surface area contributed by atoms with Crippen LogP contribution in [0.5, 0.6) is 11.6 Å². The molecule has 152 valence electrons. The molecule has 0 unspecified atom stereocenters. The number of carbonyl (C=O) groups is 1. The fraction of sp³-hybridized carbons (Fsp3) is 0.143. The predicted molar refractivity (Wildman–Crippen MR) is 114 cm³/mol. The Morgan fingerprint density at radius 1 is 1.20 bits per heavy atom. The maximum absolute atomic E-state index is 12.5. The van der Waals surface area contributed by atoms with Crippen LogP contribution in [-0.4, -0.2) is 25.7 Å². The predicted octanol–water partition coefficient (Wildman–Crippen LogP) is 3.45. The topological polar surface area (TPSA) is 108 Å². The van der Waals surface area contributed by atoms with Crippen molar-refractivity contribution in [3.63, 3.8) is 0 Å². The van der Waals surface area contributed by atoms with E-state index in [9.17, 15) is 4.79 Å². The third kappa shape index (κ3) is 4.10. The van der Waals surface area contributed by atoms with E-state index >= 15 is 0 Å². The van der Waals surface area contributed by atoms with E-state index in [1.165, 1.54) is 0 Å². The van der Waals surface area contributed by atoms with E-state index in [0.29, 0.717) is 34.7 Å². The van der Waals surface area contributed by atoms with Crippen LogP contribution >= 0.6 is 11.6 Å². The second-order valence-electron chi connectivity index (χ2n) is 6.61. The highest BCUT2D eigenvalue weighted by Gasteiger charge is 2.14. The molecule has 0 radical (unpaired) electrons. The molecular weight excluding hydrogens is 404 g/mol. The summed E-state index contributed by atoms with van der Waals surface area (Å²) in [5.41, 5.74) is 7.92. The van der Waals surface area contributed by atoms with Gasteiger partial charge in [0.25, 0.3) is 0 Å². The van der Waals surface area contributed by atoms with E-state index < -0.39 is 0 Å². The standard InChI is InChI=1S/C21H19ClN6O2/c1-28-20-15(5-3-8-24-20)19(27-28)26-18(29)11-13-6-7-17(16(22)10-13)30-21-14(12-23)4-2-9-25-21/h2-10H,11-12,23H2,1H3,(H,26,27,29). The first-order chi connectivity index (χ1) is 14.5. The Hall–Kier alpha value is -3.49. The lowest BCUT2D eigenvalue weighted by atomic mass is 10.1. The van der Waals surface area contributed by atoms with Gasteiger partial charge in [0.05, 0.1) is 16.8 Å². The number of fused-ring (bicyclic) bond motifs is 1. The molecule has 3 N–H and O–H groups in total. The lowest BCUT2D eigenvalue weighted by molar-refractivity contribution is -0.115. The van der Waals surface area contributed by atoms with Crippen molar-refractivity contribution < 1.29 is 9.53 Å². The van der Waals surface area contributed by atoms with Crippen LogP contribution in [0.4, 0.5) is 5.82 Å². The van der Waals surface area contributed by atoms with Crippen LogP contribution in [-0.2, 0) is 24.8 Å². The average Bonchev–Trinajstić information content (AvgIpc) is 3.06. The summed E-state index contributed by atoms with van der Waals surface area (Å²) in [6.07, 6.45) is 3.44. The minimum absolute atomic E-state index is 0.135. The van der Waals surface area contributed by atoms with E-state index in [1.54, 1.807) is 54.5 Å². The van der Waals surface area contributed by atoms with Crippen LogP contribution in [0.3, 0.4) is 0 Å². The van der Waals surface area contributed by atoms with E-state index in [4.69, 9.17) is 22.1 Å². The highest BCUT2D eigenvalue weighted by molar-refractivity contribution is 6.32. The maximum atomic E-state index is 12.5. The summed E-state index contributed by atoms with van der Waals surface area (Å²) in [6, 6.07) is 12.5. The first kappa shape index (κ1) is 19.8. The number of halogens is 1. The number of aromatic nitrogens is 4. The number of rotatable bonds is 6. The molecule has 0 saturated carbocycles. The Morgan fingerprint density at radius 2 is 2.00 bits per heavy atom. The van der Waals surface area contributed by atoms with Crippen LogP contribution in [0.25, 0.3) is 11.0 Å². The quantitative estimate of drug-likeness (QED) is 0.492. The van der Waals surface area contributed by atoms with Gasteiger partial charge in [-0.15, -0.1) is 0 Å². The molecule has 30 heavy (non-hydrogen) atoms. The van der Waals surface area contributed by atoms with Crippen molar-refractivity contribution in [1.29, 1.82) is 0 Å². The smallest absolute Gasteiger partial charge is 0.230 e. The fourth-order valence-corrected chi connectivity index (χ4v) is 3.30. The Labute approximate surface area is 177 Å². The Bertz CT molecular complexity index is 1220. The van der Waals surface area contributed by atoms with Crippen molar-refractivity contribution in [2.45, 2.75) is 13.0 Å². The number of nitrogens with zero attached hydrogens (tertiary/aromatic N) is 4. The van der Waals surface area contributed by atoms with E-state index in [1.807, 2.05) is 12.1 Å². The van der Waals surface area contributed by atoms with E-state index in [-0.39, 0.29) is 12.3 Å². The summed E-state index contributed by atoms with van der Waals surface area (Å²) in [5.74, 6) is 1.11. The normalized spacial score (nSPS) is 10.9. The molecule has 3 aromatic heterocycles. The van der Waals surface area contributed by atoms with Gasteiger partial charge in [0.2, 0.25) is 11.8 Å². The van der Waals surface area contributed by atoms with Crippen molar-refractivity contribution >= 4 is 34.4 Å². The lowest BCUT2D eigenvalue weighted by Crippen LogP contribution is -2.15. The molecule has 8 nitrogen and oxygen atoms in total. The number of nitrogens with two attached hydrogens (primary N) is 1. The number of nitrogens with one attached hydrogen (secondary N) is 1. The minimum atomic E-state index is -0.210. The summed E-state index contributed by atoms with van der Waals surface area (Å²) in [4.78, 5) is 21.0. The first-order valence-corrected chi connectivity index (χ1v) is 9.60. The highest BCUT2D eigenvalue weighted by Crippen LogP contribution is 2.31. The zero-order valence-electron chi connectivity index (χ0n) is 16.2. The number of carbonyl (C=O) groups excluding carboxylic acids is 1. The van der Waals surface area contributed by atoms with Gasteiger partial charge in [-0.1, -0.05) is 23.7 Å². The minimum Gasteiger partial charge on any atom is -0.437 e. The van der Waals surface area contributed by atoms with Crippen LogP contribution in [0, 0.1) is 0 Å². The Morgan fingerprint density at radius 3 is 2.80 bits per heavy atom. The van der Waals surface area contributed by atoms with Crippen molar-refractivity contribution in [3.8, 4) is 11.6 Å². The lowest BCUT2D eigenvalue weighted by Gasteiger charge is -2.11. The summed E-state index contributed by atoms with van der Waals surface area (Å²) in [7, 11) is 1.78. The van der Waals surface area contributed by atoms with Gasteiger partial charge in [-0.2, -0.15) is 5.10 Å². The molecule has 4 aromatic rings. The van der Waals surface area contributed by atoms with Gasteiger partial charge in [0.1, 0.15) is 5.75 Å². The van der Waals surface area contributed by atoms with Gasteiger partial charge in [-0.05, 0) is 35.9 Å². The molecule has 0 saturated heterocycles. The number of aryl methyl sites for hydroxylation is 1. The van der Waals surface area contributed by atoms with Crippen LogP contribution in [0.1, 0.15) is 11.1 Å². The summed E-state index contributed by atoms with van der Waals surface area (Å²) >= 11 is 6.36. The molecule has 3 heterocycles. The zero-order chi connectivity index (χ0) is 21.1. The van der Waals surface area contributed by atoms with Crippen molar-refractivity contribution in [2.24, 2.45) is 12.8 Å². The van der Waals surface area contributed by atoms with Gasteiger partial charge in [0, 0.05) is 31.5 Å². The largest absolute Gasteiger partial charge is 0.437 e. The number of amides is 1. The molecule has 9 heteroatoms. The number of hydrogen-bond acceptors (Lipinski definition) is 6. The maximum Gasteiger partial charge on any atom is 0.230 e.